The number of oxazole rings is 1. The minimum Gasteiger partial charge on any atom is -0.441 e. The molecule has 1 fully saturated rings. The molecule has 2 aromatic rings. The van der Waals surface area contributed by atoms with Gasteiger partial charge in [0.1, 0.15) is 0 Å². The van der Waals surface area contributed by atoms with Crippen LogP contribution in [0.25, 0.3) is 11.3 Å². The number of benzene rings is 1. The summed E-state index contributed by atoms with van der Waals surface area (Å²) in [5.74, 6) is 2.91. The van der Waals surface area contributed by atoms with Gasteiger partial charge >= 0.3 is 0 Å². The molecule has 146 valence electrons. The molecule has 0 bridgehead atoms. The standard InChI is InChI=1S/C22H31N3O2/c1-16-4-6-19(7-5-16)20-13-24-22(27-20)9-8-21(26)23-10-11-25-14-17(2)12-18(3)15-25/h4-7,13,17-18H,8-12,14-15H2,1-3H3,(H,23,26). The van der Waals surface area contributed by atoms with E-state index in [1.165, 1.54) is 12.0 Å². The normalized spacial score (nSPS) is 20.6. The number of nitrogens with zero attached hydrogens (tertiary/aromatic N) is 2. The average molecular weight is 370 g/mol. The Hall–Kier alpha value is -2.14. The Balaban J connectivity index is 1.39. The van der Waals surface area contributed by atoms with Crippen LogP contribution in [-0.2, 0) is 11.2 Å². The van der Waals surface area contributed by atoms with Crippen LogP contribution < -0.4 is 5.32 Å². The van der Waals surface area contributed by atoms with Crippen LogP contribution in [0.2, 0.25) is 0 Å². The molecule has 2 heterocycles. The van der Waals surface area contributed by atoms with Crippen molar-refractivity contribution in [2.24, 2.45) is 11.8 Å². The molecule has 1 aliphatic heterocycles. The van der Waals surface area contributed by atoms with Gasteiger partial charge in [0.15, 0.2) is 11.7 Å². The molecule has 5 heteroatoms. The first-order valence-electron chi connectivity index (χ1n) is 10.0. The fraction of sp³-hybridized carbons (Fsp3) is 0.545. The highest BCUT2D eigenvalue weighted by molar-refractivity contribution is 5.76. The summed E-state index contributed by atoms with van der Waals surface area (Å²) in [6, 6.07) is 8.15. The molecule has 3 rings (SSSR count). The molecular formula is C22H31N3O2. The van der Waals surface area contributed by atoms with Crippen LogP contribution in [0, 0.1) is 18.8 Å². The lowest BCUT2D eigenvalue weighted by molar-refractivity contribution is -0.121. The predicted molar refractivity (Wildman–Crippen MR) is 107 cm³/mol. The van der Waals surface area contributed by atoms with E-state index in [1.807, 2.05) is 12.1 Å². The Morgan fingerprint density at radius 3 is 2.63 bits per heavy atom. The molecule has 1 saturated heterocycles. The first-order chi connectivity index (χ1) is 13.0. The number of hydrogen-bond acceptors (Lipinski definition) is 4. The Labute approximate surface area is 162 Å². The highest BCUT2D eigenvalue weighted by atomic mass is 16.4. The lowest BCUT2D eigenvalue weighted by Crippen LogP contribution is -2.42. The van der Waals surface area contributed by atoms with Gasteiger partial charge in [0.25, 0.3) is 0 Å². The van der Waals surface area contributed by atoms with Crippen LogP contribution in [-0.4, -0.2) is 42.0 Å². The minimum absolute atomic E-state index is 0.0585. The van der Waals surface area contributed by atoms with Crippen molar-refractivity contribution in [3.63, 3.8) is 0 Å². The van der Waals surface area contributed by atoms with Gasteiger partial charge in [-0.3, -0.25) is 4.79 Å². The van der Waals surface area contributed by atoms with Gasteiger partial charge in [-0.2, -0.15) is 0 Å². The maximum absolute atomic E-state index is 12.1. The Morgan fingerprint density at radius 1 is 1.22 bits per heavy atom. The summed E-state index contributed by atoms with van der Waals surface area (Å²) in [6.45, 7) is 10.6. The first kappa shape index (κ1) is 19.6. The van der Waals surface area contributed by atoms with Gasteiger partial charge in [0, 0.05) is 44.6 Å². The molecule has 5 nitrogen and oxygen atoms in total. The lowest BCUT2D eigenvalue weighted by atomic mass is 9.92. The van der Waals surface area contributed by atoms with Crippen molar-refractivity contribution in [1.29, 1.82) is 0 Å². The van der Waals surface area contributed by atoms with E-state index in [0.717, 1.165) is 42.8 Å². The predicted octanol–water partition coefficient (Wildman–Crippen LogP) is 3.68. The van der Waals surface area contributed by atoms with E-state index in [9.17, 15) is 4.79 Å². The highest BCUT2D eigenvalue weighted by Crippen LogP contribution is 2.21. The molecule has 1 aromatic heterocycles. The van der Waals surface area contributed by atoms with Crippen LogP contribution in [0.15, 0.2) is 34.9 Å². The SMILES string of the molecule is Cc1ccc(-c2cnc(CCC(=O)NCCN3CC(C)CC(C)C3)o2)cc1. The highest BCUT2D eigenvalue weighted by Gasteiger charge is 2.21. The van der Waals surface area contributed by atoms with Gasteiger partial charge in [-0.05, 0) is 25.2 Å². The molecule has 1 amide bonds. The zero-order chi connectivity index (χ0) is 19.2. The summed E-state index contributed by atoms with van der Waals surface area (Å²) in [4.78, 5) is 18.9. The van der Waals surface area contributed by atoms with E-state index in [4.69, 9.17) is 4.42 Å². The minimum atomic E-state index is 0.0585. The largest absolute Gasteiger partial charge is 0.441 e. The number of carbonyl (C=O) groups is 1. The summed E-state index contributed by atoms with van der Waals surface area (Å²) in [5.41, 5.74) is 2.22. The van der Waals surface area contributed by atoms with Gasteiger partial charge in [-0.1, -0.05) is 43.7 Å². The van der Waals surface area contributed by atoms with Crippen molar-refractivity contribution in [2.45, 2.75) is 40.0 Å². The summed E-state index contributed by atoms with van der Waals surface area (Å²) < 4.78 is 5.78. The van der Waals surface area contributed by atoms with Gasteiger partial charge in [-0.25, -0.2) is 4.98 Å². The first-order valence-corrected chi connectivity index (χ1v) is 10.0. The molecule has 1 aliphatic rings. The van der Waals surface area contributed by atoms with Gasteiger partial charge in [0.05, 0.1) is 6.20 Å². The van der Waals surface area contributed by atoms with Gasteiger partial charge in [-0.15, -0.1) is 0 Å². The number of aromatic nitrogens is 1. The molecule has 0 spiro atoms. The van der Waals surface area contributed by atoms with E-state index in [1.54, 1.807) is 6.20 Å². The van der Waals surface area contributed by atoms with Crippen LogP contribution in [0.5, 0.6) is 0 Å². The van der Waals surface area contributed by atoms with E-state index in [2.05, 4.69) is 48.1 Å². The summed E-state index contributed by atoms with van der Waals surface area (Å²) >= 11 is 0. The third-order valence-corrected chi connectivity index (χ3v) is 5.15. The number of piperidine rings is 1. The average Bonchev–Trinajstić information content (AvgIpc) is 3.09. The van der Waals surface area contributed by atoms with Crippen molar-refractivity contribution in [2.75, 3.05) is 26.2 Å². The fourth-order valence-electron chi connectivity index (χ4n) is 3.91. The number of amides is 1. The maximum Gasteiger partial charge on any atom is 0.220 e. The number of rotatable bonds is 7. The summed E-state index contributed by atoms with van der Waals surface area (Å²) in [7, 11) is 0. The van der Waals surface area contributed by atoms with Gasteiger partial charge in [0.2, 0.25) is 5.91 Å². The quantitative estimate of drug-likeness (QED) is 0.809. The molecule has 0 aliphatic carbocycles. The van der Waals surface area contributed by atoms with Crippen LogP contribution in [0.3, 0.4) is 0 Å². The molecule has 2 unspecified atom stereocenters. The van der Waals surface area contributed by atoms with E-state index in [-0.39, 0.29) is 5.91 Å². The van der Waals surface area contributed by atoms with Crippen molar-refractivity contribution < 1.29 is 9.21 Å². The lowest BCUT2D eigenvalue weighted by Gasteiger charge is -2.34. The number of hydrogen-bond donors (Lipinski definition) is 1. The fourth-order valence-corrected chi connectivity index (χ4v) is 3.91. The Kier molecular flexibility index (Phi) is 6.67. The molecule has 0 saturated carbocycles. The monoisotopic (exact) mass is 369 g/mol. The van der Waals surface area contributed by atoms with Gasteiger partial charge < -0.3 is 14.6 Å². The number of carbonyl (C=O) groups excluding carboxylic acids is 1. The zero-order valence-corrected chi connectivity index (χ0v) is 16.7. The topological polar surface area (TPSA) is 58.4 Å². The molecular weight excluding hydrogens is 338 g/mol. The zero-order valence-electron chi connectivity index (χ0n) is 16.7. The third-order valence-electron chi connectivity index (χ3n) is 5.15. The Morgan fingerprint density at radius 2 is 1.93 bits per heavy atom. The van der Waals surface area contributed by atoms with E-state index < -0.39 is 0 Å². The van der Waals surface area contributed by atoms with Crippen molar-refractivity contribution in [3.8, 4) is 11.3 Å². The molecule has 27 heavy (non-hydrogen) atoms. The molecule has 1 aromatic carbocycles. The Bertz CT molecular complexity index is 728. The van der Waals surface area contributed by atoms with E-state index in [0.29, 0.717) is 25.3 Å². The van der Waals surface area contributed by atoms with Crippen molar-refractivity contribution >= 4 is 5.91 Å². The van der Waals surface area contributed by atoms with E-state index >= 15 is 0 Å². The smallest absolute Gasteiger partial charge is 0.220 e. The summed E-state index contributed by atoms with van der Waals surface area (Å²) in [6.07, 6.45) is 3.97. The molecule has 2 atom stereocenters. The van der Waals surface area contributed by atoms with Crippen LogP contribution in [0.1, 0.15) is 38.1 Å². The second-order valence-electron chi connectivity index (χ2n) is 8.04. The second kappa shape index (κ2) is 9.18. The van der Waals surface area contributed by atoms with Crippen molar-refractivity contribution in [3.05, 3.63) is 41.9 Å². The number of nitrogens with one attached hydrogen (secondary N) is 1. The maximum atomic E-state index is 12.1. The number of aryl methyl sites for hydroxylation is 2. The third kappa shape index (κ3) is 5.93. The van der Waals surface area contributed by atoms with Crippen molar-refractivity contribution in [1.82, 2.24) is 15.2 Å². The second-order valence-corrected chi connectivity index (χ2v) is 8.04. The number of likely N-dealkylation sites (tertiary alicyclic amines) is 1. The molecule has 0 radical (unpaired) electrons. The van der Waals surface area contributed by atoms with Crippen LogP contribution in [0.4, 0.5) is 0 Å². The van der Waals surface area contributed by atoms with Crippen LogP contribution >= 0.6 is 0 Å². The molecule has 1 N–H and O–H groups in total. The summed E-state index contributed by atoms with van der Waals surface area (Å²) in [5, 5.41) is 3.02.